The standard InChI is InChI=1S/C7H4ClN5O3S/c8-6-11-10-5(17-6)3-12-2-4(13(15)16)1-9-7(12)14/h1-2H,3H2. The lowest BCUT2D eigenvalue weighted by Gasteiger charge is -2.00. The molecule has 0 unspecified atom stereocenters. The molecule has 0 aromatic carbocycles. The van der Waals surface area contributed by atoms with Crippen molar-refractivity contribution in [1.82, 2.24) is 19.7 Å². The van der Waals surface area contributed by atoms with Crippen LogP contribution in [0.5, 0.6) is 0 Å². The summed E-state index contributed by atoms with van der Waals surface area (Å²) in [5.74, 6) is 0. The normalized spacial score (nSPS) is 10.4. The molecule has 8 nitrogen and oxygen atoms in total. The second kappa shape index (κ2) is 4.55. The van der Waals surface area contributed by atoms with Crippen molar-refractivity contribution in [2.45, 2.75) is 6.54 Å². The SMILES string of the molecule is O=c1ncc([N+](=O)[O-])cn1Cc1nnc(Cl)s1. The molecule has 0 spiro atoms. The van der Waals surface area contributed by atoms with E-state index in [1.165, 1.54) is 0 Å². The van der Waals surface area contributed by atoms with Crippen molar-refractivity contribution in [2.24, 2.45) is 0 Å². The van der Waals surface area contributed by atoms with Crippen molar-refractivity contribution in [1.29, 1.82) is 0 Å². The Morgan fingerprint density at radius 2 is 2.29 bits per heavy atom. The number of hydrogen-bond donors (Lipinski definition) is 0. The number of hydrogen-bond acceptors (Lipinski definition) is 7. The molecule has 0 aliphatic heterocycles. The van der Waals surface area contributed by atoms with Crippen LogP contribution in [0.4, 0.5) is 5.69 Å². The second-order valence-electron chi connectivity index (χ2n) is 2.93. The third-order valence-corrected chi connectivity index (χ3v) is 2.80. The molecule has 0 saturated carbocycles. The topological polar surface area (TPSA) is 104 Å². The van der Waals surface area contributed by atoms with Gasteiger partial charge in [0, 0.05) is 0 Å². The van der Waals surface area contributed by atoms with E-state index in [1.54, 1.807) is 0 Å². The highest BCUT2D eigenvalue weighted by atomic mass is 35.5. The summed E-state index contributed by atoms with van der Waals surface area (Å²) < 4.78 is 1.32. The van der Waals surface area contributed by atoms with E-state index in [0.717, 1.165) is 28.3 Å². The minimum absolute atomic E-state index is 0.0535. The average Bonchev–Trinajstić information content (AvgIpc) is 2.67. The van der Waals surface area contributed by atoms with Crippen molar-refractivity contribution in [3.8, 4) is 0 Å². The van der Waals surface area contributed by atoms with Crippen molar-refractivity contribution >= 4 is 28.6 Å². The first kappa shape index (κ1) is 11.6. The molecule has 0 aliphatic carbocycles. The lowest BCUT2D eigenvalue weighted by molar-refractivity contribution is -0.385. The van der Waals surface area contributed by atoms with Crippen LogP contribution < -0.4 is 5.69 Å². The molecule has 88 valence electrons. The van der Waals surface area contributed by atoms with E-state index in [0.29, 0.717) is 5.01 Å². The second-order valence-corrected chi connectivity index (χ2v) is 4.57. The Kier molecular flexibility index (Phi) is 3.11. The smallest absolute Gasteiger partial charge is 0.285 e. The molecule has 0 N–H and O–H groups in total. The molecule has 17 heavy (non-hydrogen) atoms. The number of halogens is 1. The van der Waals surface area contributed by atoms with Gasteiger partial charge in [0.05, 0.1) is 17.7 Å². The zero-order valence-electron chi connectivity index (χ0n) is 8.11. The Morgan fingerprint density at radius 1 is 1.53 bits per heavy atom. The van der Waals surface area contributed by atoms with E-state index in [2.05, 4.69) is 15.2 Å². The molecule has 0 saturated heterocycles. The number of nitro groups is 1. The Labute approximate surface area is 103 Å². The number of rotatable bonds is 3. The lowest BCUT2D eigenvalue weighted by Crippen LogP contribution is -2.22. The average molecular weight is 274 g/mol. The summed E-state index contributed by atoms with van der Waals surface area (Å²) in [5, 5.41) is 18.3. The molecule has 2 aromatic heterocycles. The van der Waals surface area contributed by atoms with Gasteiger partial charge in [-0.15, -0.1) is 10.2 Å². The summed E-state index contributed by atoms with van der Waals surface area (Å²) in [7, 11) is 0. The van der Waals surface area contributed by atoms with Crippen LogP contribution in [0.2, 0.25) is 4.47 Å². The van der Waals surface area contributed by atoms with E-state index in [-0.39, 0.29) is 16.7 Å². The summed E-state index contributed by atoms with van der Waals surface area (Å²) in [6, 6.07) is 0. The van der Waals surface area contributed by atoms with Crippen LogP contribution in [0.15, 0.2) is 17.2 Å². The van der Waals surface area contributed by atoms with Gasteiger partial charge in [0.2, 0.25) is 4.47 Å². The molecule has 0 amide bonds. The Balaban J connectivity index is 2.35. The first-order valence-corrected chi connectivity index (χ1v) is 5.44. The van der Waals surface area contributed by atoms with Crippen LogP contribution in [0, 0.1) is 10.1 Å². The summed E-state index contributed by atoms with van der Waals surface area (Å²) in [6.45, 7) is 0.0535. The van der Waals surface area contributed by atoms with Crippen molar-refractivity contribution in [3.05, 3.63) is 42.5 Å². The molecule has 0 fully saturated rings. The van der Waals surface area contributed by atoms with Gasteiger partial charge in [-0.2, -0.15) is 4.98 Å². The molecule has 2 aromatic rings. The van der Waals surface area contributed by atoms with Crippen LogP contribution >= 0.6 is 22.9 Å². The fourth-order valence-corrected chi connectivity index (χ4v) is 1.96. The van der Waals surface area contributed by atoms with E-state index in [1.807, 2.05) is 0 Å². The lowest BCUT2D eigenvalue weighted by atomic mass is 10.5. The number of aromatic nitrogens is 4. The van der Waals surface area contributed by atoms with Crippen LogP contribution in [0.25, 0.3) is 0 Å². The van der Waals surface area contributed by atoms with Crippen LogP contribution in [0.3, 0.4) is 0 Å². The van der Waals surface area contributed by atoms with Gasteiger partial charge in [-0.25, -0.2) is 4.79 Å². The molecule has 0 aliphatic rings. The summed E-state index contributed by atoms with van der Waals surface area (Å²) >= 11 is 6.67. The summed E-state index contributed by atoms with van der Waals surface area (Å²) in [4.78, 5) is 24.6. The van der Waals surface area contributed by atoms with Crippen molar-refractivity contribution in [2.75, 3.05) is 0 Å². The van der Waals surface area contributed by atoms with Gasteiger partial charge in [0.1, 0.15) is 11.2 Å². The number of nitrogens with zero attached hydrogens (tertiary/aromatic N) is 5. The first-order chi connectivity index (χ1) is 8.06. The quantitative estimate of drug-likeness (QED) is 0.602. The molecule has 10 heteroatoms. The van der Waals surface area contributed by atoms with Gasteiger partial charge >= 0.3 is 11.4 Å². The predicted octanol–water partition coefficient (Wildman–Crippen LogP) is 0.705. The maximum Gasteiger partial charge on any atom is 0.348 e. The molecular weight excluding hydrogens is 270 g/mol. The Hall–Kier alpha value is -1.87. The first-order valence-electron chi connectivity index (χ1n) is 4.25. The third-order valence-electron chi connectivity index (χ3n) is 1.80. The predicted molar refractivity (Wildman–Crippen MR) is 59.2 cm³/mol. The monoisotopic (exact) mass is 273 g/mol. The van der Waals surface area contributed by atoms with Gasteiger partial charge in [-0.1, -0.05) is 11.3 Å². The molecule has 2 rings (SSSR count). The maximum absolute atomic E-state index is 11.4. The zero-order valence-corrected chi connectivity index (χ0v) is 9.68. The highest BCUT2D eigenvalue weighted by Gasteiger charge is 2.11. The van der Waals surface area contributed by atoms with Gasteiger partial charge in [-0.3, -0.25) is 14.7 Å². The van der Waals surface area contributed by atoms with E-state index >= 15 is 0 Å². The van der Waals surface area contributed by atoms with Gasteiger partial charge < -0.3 is 0 Å². The fourth-order valence-electron chi connectivity index (χ4n) is 1.09. The minimum Gasteiger partial charge on any atom is -0.285 e. The van der Waals surface area contributed by atoms with Crippen LogP contribution in [-0.4, -0.2) is 24.7 Å². The molecule has 0 radical (unpaired) electrons. The summed E-state index contributed by atoms with van der Waals surface area (Å²) in [6.07, 6.45) is 2.01. The van der Waals surface area contributed by atoms with Gasteiger partial charge in [0.15, 0.2) is 0 Å². The van der Waals surface area contributed by atoms with Crippen molar-refractivity contribution in [3.63, 3.8) is 0 Å². The molecule has 0 atom stereocenters. The molecular formula is C7H4ClN5O3S. The third kappa shape index (κ3) is 2.63. The summed E-state index contributed by atoms with van der Waals surface area (Å²) in [5.41, 5.74) is -0.859. The highest BCUT2D eigenvalue weighted by Crippen LogP contribution is 2.15. The fraction of sp³-hybridized carbons (Fsp3) is 0.143. The van der Waals surface area contributed by atoms with E-state index in [9.17, 15) is 14.9 Å². The van der Waals surface area contributed by atoms with Crippen molar-refractivity contribution < 1.29 is 4.92 Å². The van der Waals surface area contributed by atoms with Gasteiger partial charge in [-0.05, 0) is 11.6 Å². The minimum atomic E-state index is -0.629. The van der Waals surface area contributed by atoms with Gasteiger partial charge in [0.25, 0.3) is 0 Å². The van der Waals surface area contributed by atoms with Crippen LogP contribution in [-0.2, 0) is 6.54 Å². The Bertz CT molecular complexity index is 624. The largest absolute Gasteiger partial charge is 0.348 e. The molecule has 0 bridgehead atoms. The zero-order chi connectivity index (χ0) is 12.4. The van der Waals surface area contributed by atoms with Crippen LogP contribution in [0.1, 0.15) is 5.01 Å². The Morgan fingerprint density at radius 3 is 2.88 bits per heavy atom. The van der Waals surface area contributed by atoms with E-state index in [4.69, 9.17) is 11.6 Å². The highest BCUT2D eigenvalue weighted by molar-refractivity contribution is 7.15. The maximum atomic E-state index is 11.4. The molecule has 2 heterocycles. The van der Waals surface area contributed by atoms with E-state index < -0.39 is 10.6 Å².